The number of halogens is 3. The Morgan fingerprint density at radius 1 is 1.16 bits per heavy atom. The maximum absolute atomic E-state index is 12.7. The van der Waals surface area contributed by atoms with Gasteiger partial charge in [-0.1, -0.05) is 29.8 Å². The van der Waals surface area contributed by atoms with Crippen molar-refractivity contribution in [2.45, 2.75) is 39.6 Å². The Hall–Kier alpha value is -2.50. The van der Waals surface area contributed by atoms with Gasteiger partial charge in [-0.25, -0.2) is 0 Å². The molecular formula is C19H20F3NO2. The second-order valence-electron chi connectivity index (χ2n) is 5.94. The minimum Gasteiger partial charge on any atom is -0.481 e. The lowest BCUT2D eigenvalue weighted by molar-refractivity contribution is -0.137. The molecule has 0 spiro atoms. The van der Waals surface area contributed by atoms with E-state index in [-0.39, 0.29) is 6.54 Å². The number of carbonyl (C=O) groups excluding carboxylic acids is 1. The standard InChI is InChI=1S/C19H20F3NO2/c1-12-7-8-17(13(2)9-12)25-14(3)18(24)23-11-15-5-4-6-16(10-15)19(20,21)22/h4-10,14H,11H2,1-3H3,(H,23,24)/t14-/m0/s1. The fourth-order valence-electron chi connectivity index (χ4n) is 2.37. The summed E-state index contributed by atoms with van der Waals surface area (Å²) in [5.74, 6) is 0.213. The van der Waals surface area contributed by atoms with Gasteiger partial charge in [-0.2, -0.15) is 13.2 Å². The minimum absolute atomic E-state index is 0.00331. The highest BCUT2D eigenvalue weighted by atomic mass is 19.4. The monoisotopic (exact) mass is 351 g/mol. The number of hydrogen-bond donors (Lipinski definition) is 1. The predicted molar refractivity (Wildman–Crippen MR) is 89.3 cm³/mol. The fourth-order valence-corrected chi connectivity index (χ4v) is 2.37. The van der Waals surface area contributed by atoms with Crippen LogP contribution >= 0.6 is 0 Å². The van der Waals surface area contributed by atoms with E-state index in [9.17, 15) is 18.0 Å². The van der Waals surface area contributed by atoms with Crippen LogP contribution in [-0.4, -0.2) is 12.0 Å². The van der Waals surface area contributed by atoms with Crippen molar-refractivity contribution in [2.75, 3.05) is 0 Å². The van der Waals surface area contributed by atoms with E-state index in [1.807, 2.05) is 26.0 Å². The van der Waals surface area contributed by atoms with E-state index in [0.29, 0.717) is 11.3 Å². The summed E-state index contributed by atoms with van der Waals surface area (Å²) in [5.41, 5.74) is 1.64. The Balaban J connectivity index is 1.95. The van der Waals surface area contributed by atoms with Gasteiger partial charge in [0, 0.05) is 6.54 Å². The molecule has 0 saturated carbocycles. The van der Waals surface area contributed by atoms with Crippen LogP contribution in [0.4, 0.5) is 13.2 Å². The van der Waals surface area contributed by atoms with E-state index >= 15 is 0 Å². The Bertz CT molecular complexity index is 757. The summed E-state index contributed by atoms with van der Waals surface area (Å²) < 4.78 is 43.7. The quantitative estimate of drug-likeness (QED) is 0.867. The summed E-state index contributed by atoms with van der Waals surface area (Å²) in [5, 5.41) is 2.60. The van der Waals surface area contributed by atoms with E-state index in [0.717, 1.165) is 23.3 Å². The predicted octanol–water partition coefficient (Wildman–Crippen LogP) is 4.41. The fraction of sp³-hybridized carbons (Fsp3) is 0.316. The molecule has 0 aliphatic rings. The van der Waals surface area contributed by atoms with Gasteiger partial charge in [0.05, 0.1) is 5.56 Å². The summed E-state index contributed by atoms with van der Waals surface area (Å²) in [6.45, 7) is 5.45. The molecule has 25 heavy (non-hydrogen) atoms. The molecule has 1 atom stereocenters. The van der Waals surface area contributed by atoms with Gasteiger partial charge >= 0.3 is 6.18 Å². The molecule has 1 N–H and O–H groups in total. The molecule has 0 aliphatic carbocycles. The molecule has 0 bridgehead atoms. The van der Waals surface area contributed by atoms with Gasteiger partial charge < -0.3 is 10.1 Å². The van der Waals surface area contributed by atoms with Gasteiger partial charge in [-0.05, 0) is 50.1 Å². The lowest BCUT2D eigenvalue weighted by Crippen LogP contribution is -2.36. The van der Waals surface area contributed by atoms with Crippen LogP contribution in [0.25, 0.3) is 0 Å². The topological polar surface area (TPSA) is 38.3 Å². The smallest absolute Gasteiger partial charge is 0.416 e. The van der Waals surface area contributed by atoms with Crippen LogP contribution in [0.5, 0.6) is 5.75 Å². The molecule has 0 unspecified atom stereocenters. The van der Waals surface area contributed by atoms with Crippen LogP contribution in [0, 0.1) is 13.8 Å². The van der Waals surface area contributed by atoms with Crippen LogP contribution in [0.1, 0.15) is 29.2 Å². The summed E-state index contributed by atoms with van der Waals surface area (Å²) in [4.78, 5) is 12.1. The third kappa shape index (κ3) is 5.24. The Kier molecular flexibility index (Phi) is 5.72. The number of rotatable bonds is 5. The van der Waals surface area contributed by atoms with E-state index in [2.05, 4.69) is 5.32 Å². The zero-order chi connectivity index (χ0) is 18.6. The number of amides is 1. The molecule has 3 nitrogen and oxygen atoms in total. The summed E-state index contributed by atoms with van der Waals surface area (Å²) in [6.07, 6.45) is -5.16. The normalized spacial score (nSPS) is 12.6. The molecule has 0 radical (unpaired) electrons. The first-order valence-corrected chi connectivity index (χ1v) is 7.84. The van der Waals surface area contributed by atoms with Gasteiger partial charge in [0.2, 0.25) is 0 Å². The second kappa shape index (κ2) is 7.59. The number of hydrogen-bond acceptors (Lipinski definition) is 2. The number of alkyl halides is 3. The maximum Gasteiger partial charge on any atom is 0.416 e. The first kappa shape index (κ1) is 18.8. The van der Waals surface area contributed by atoms with Crippen LogP contribution in [0.2, 0.25) is 0 Å². The minimum atomic E-state index is -4.40. The number of benzene rings is 2. The van der Waals surface area contributed by atoms with Crippen molar-refractivity contribution in [1.29, 1.82) is 0 Å². The maximum atomic E-state index is 12.7. The van der Waals surface area contributed by atoms with Crippen molar-refractivity contribution in [3.8, 4) is 5.75 Å². The molecule has 1 amide bonds. The first-order chi connectivity index (χ1) is 11.7. The molecule has 6 heteroatoms. The highest BCUT2D eigenvalue weighted by Gasteiger charge is 2.30. The molecule has 2 aromatic rings. The van der Waals surface area contributed by atoms with E-state index < -0.39 is 23.8 Å². The number of nitrogens with one attached hydrogen (secondary N) is 1. The third-order valence-corrected chi connectivity index (χ3v) is 3.72. The number of aryl methyl sites for hydroxylation is 2. The average molecular weight is 351 g/mol. The van der Waals surface area contributed by atoms with Gasteiger partial charge in [0.1, 0.15) is 5.75 Å². The van der Waals surface area contributed by atoms with Crippen molar-refractivity contribution in [2.24, 2.45) is 0 Å². The van der Waals surface area contributed by atoms with Gasteiger partial charge in [0.15, 0.2) is 6.10 Å². The molecular weight excluding hydrogens is 331 g/mol. The first-order valence-electron chi connectivity index (χ1n) is 7.84. The summed E-state index contributed by atoms with van der Waals surface area (Å²) in [6, 6.07) is 10.5. The van der Waals surface area contributed by atoms with Crippen molar-refractivity contribution in [3.05, 3.63) is 64.7 Å². The SMILES string of the molecule is Cc1ccc(O[C@@H](C)C(=O)NCc2cccc(C(F)(F)F)c2)c(C)c1. The molecule has 0 aromatic heterocycles. The Labute approximate surface area is 144 Å². The van der Waals surface area contributed by atoms with Crippen LogP contribution in [0.15, 0.2) is 42.5 Å². The van der Waals surface area contributed by atoms with Crippen molar-refractivity contribution >= 4 is 5.91 Å². The van der Waals surface area contributed by atoms with Crippen LogP contribution in [0.3, 0.4) is 0 Å². The Morgan fingerprint density at radius 3 is 2.52 bits per heavy atom. The van der Waals surface area contributed by atoms with Crippen LogP contribution < -0.4 is 10.1 Å². The molecule has 2 aromatic carbocycles. The Morgan fingerprint density at radius 2 is 1.88 bits per heavy atom. The molecule has 2 rings (SSSR count). The second-order valence-corrected chi connectivity index (χ2v) is 5.94. The van der Waals surface area contributed by atoms with Gasteiger partial charge in [0.25, 0.3) is 5.91 Å². The molecule has 0 fully saturated rings. The van der Waals surface area contributed by atoms with Crippen molar-refractivity contribution in [1.82, 2.24) is 5.32 Å². The van der Waals surface area contributed by atoms with Crippen molar-refractivity contribution in [3.63, 3.8) is 0 Å². The lowest BCUT2D eigenvalue weighted by Gasteiger charge is -2.17. The lowest BCUT2D eigenvalue weighted by atomic mass is 10.1. The van der Waals surface area contributed by atoms with Gasteiger partial charge in [-0.3, -0.25) is 4.79 Å². The average Bonchev–Trinajstić information content (AvgIpc) is 2.54. The third-order valence-electron chi connectivity index (χ3n) is 3.72. The van der Waals surface area contributed by atoms with Crippen LogP contribution in [-0.2, 0) is 17.5 Å². The zero-order valence-electron chi connectivity index (χ0n) is 14.3. The zero-order valence-corrected chi connectivity index (χ0v) is 14.3. The van der Waals surface area contributed by atoms with E-state index in [4.69, 9.17) is 4.74 Å². The molecule has 134 valence electrons. The summed E-state index contributed by atoms with van der Waals surface area (Å²) in [7, 11) is 0. The highest BCUT2D eigenvalue weighted by Crippen LogP contribution is 2.29. The molecule has 0 heterocycles. The number of carbonyl (C=O) groups is 1. The summed E-state index contributed by atoms with van der Waals surface area (Å²) >= 11 is 0. The van der Waals surface area contributed by atoms with Crippen molar-refractivity contribution < 1.29 is 22.7 Å². The van der Waals surface area contributed by atoms with E-state index in [1.54, 1.807) is 13.0 Å². The van der Waals surface area contributed by atoms with Gasteiger partial charge in [-0.15, -0.1) is 0 Å². The molecule has 0 saturated heterocycles. The molecule has 0 aliphatic heterocycles. The van der Waals surface area contributed by atoms with E-state index in [1.165, 1.54) is 12.1 Å². The highest BCUT2D eigenvalue weighted by molar-refractivity contribution is 5.80. The number of ether oxygens (including phenoxy) is 1. The largest absolute Gasteiger partial charge is 0.481 e.